The molecule has 6 heterocycles. The van der Waals surface area contributed by atoms with Crippen molar-refractivity contribution in [1.29, 1.82) is 0 Å². The number of halogens is 4. The van der Waals surface area contributed by atoms with Crippen LogP contribution in [0.1, 0.15) is 31.8 Å². The minimum absolute atomic E-state index is 0.237. The summed E-state index contributed by atoms with van der Waals surface area (Å²) in [5.74, 6) is -0.687. The van der Waals surface area contributed by atoms with Gasteiger partial charge in [-0.15, -0.1) is 0 Å². The molecule has 0 aliphatic carbocycles. The van der Waals surface area contributed by atoms with Gasteiger partial charge >= 0.3 is 5.20 Å². The Morgan fingerprint density at radius 3 is 1.79 bits per heavy atom. The van der Waals surface area contributed by atoms with Crippen LogP contribution >= 0.6 is 50.5 Å². The molecule has 268 valence electrons. The zero-order valence-electron chi connectivity index (χ0n) is 27.2. The first kappa shape index (κ1) is 37.8. The Morgan fingerprint density at radius 2 is 1.17 bits per heavy atom. The van der Waals surface area contributed by atoms with Gasteiger partial charge < -0.3 is 4.98 Å². The molecule has 53 heavy (non-hydrogen) atoms. The predicted octanol–water partition coefficient (Wildman–Crippen LogP) is 7.21. The Morgan fingerprint density at radius 1 is 0.623 bits per heavy atom. The van der Waals surface area contributed by atoms with E-state index in [-0.39, 0.29) is 28.9 Å². The maximum atomic E-state index is 12.7. The van der Waals surface area contributed by atoms with E-state index >= 15 is 0 Å². The number of aromatic nitrogens is 5. The van der Waals surface area contributed by atoms with Gasteiger partial charge in [-0.3, -0.25) is 43.0 Å². The van der Waals surface area contributed by atoms with Crippen molar-refractivity contribution in [2.75, 3.05) is 6.54 Å². The van der Waals surface area contributed by atoms with Gasteiger partial charge in [-0.2, -0.15) is 0 Å². The predicted molar refractivity (Wildman–Crippen MR) is 207 cm³/mol. The number of aryl methyl sites for hydroxylation is 1. The molecule has 17 heteroatoms. The lowest BCUT2D eigenvalue weighted by atomic mass is 9.98. The molecule has 12 nitrogen and oxygen atoms in total. The second-order valence-corrected chi connectivity index (χ2v) is 18.6. The average Bonchev–Trinajstić information content (AvgIpc) is 3.14. The van der Waals surface area contributed by atoms with Crippen LogP contribution in [0.5, 0.6) is 0 Å². The fraction of sp³-hybridized carbons (Fsp3) is 0.111. The lowest BCUT2D eigenvalue weighted by Crippen LogP contribution is -2.41. The van der Waals surface area contributed by atoms with Gasteiger partial charge in [0.1, 0.15) is 5.15 Å². The number of carbonyl (C=O) groups is 2. The Kier molecular flexibility index (Phi) is 11.4. The molecule has 0 spiro atoms. The molecule has 0 unspecified atom stereocenters. The van der Waals surface area contributed by atoms with Gasteiger partial charge in [-0.25, -0.2) is 9.97 Å². The highest BCUT2D eigenvalue weighted by Crippen LogP contribution is 2.61. The van der Waals surface area contributed by atoms with Crippen LogP contribution in [0.15, 0.2) is 112 Å². The summed E-state index contributed by atoms with van der Waals surface area (Å²) in [6.07, 6.45) is 9.85. The van der Waals surface area contributed by atoms with Gasteiger partial charge in [0.25, 0.3) is 28.5 Å². The van der Waals surface area contributed by atoms with Crippen LogP contribution in [-0.2, 0) is 24.0 Å². The quantitative estimate of drug-likeness (QED) is 0.104. The van der Waals surface area contributed by atoms with E-state index in [1.54, 1.807) is 0 Å². The van der Waals surface area contributed by atoms with Crippen LogP contribution in [0.3, 0.4) is 0 Å². The Balaban J connectivity index is 0.000000161. The second kappa shape index (κ2) is 16.0. The SMILES string of the molecule is O=C1c2cncc3c(Cl)ncc(c23)C(=O)N1CCc1ccccc1.O=P(Cl)(Cl)Cl.O=c1ncc2c(=O)n(CCc3ccccc3)c(=O)c3c[nH]cc1c23. The van der Waals surface area contributed by atoms with E-state index in [0.717, 1.165) is 11.1 Å². The molecule has 0 saturated carbocycles. The molecule has 0 saturated heterocycles. The number of benzene rings is 2. The monoisotopic (exact) mass is 808 g/mol. The van der Waals surface area contributed by atoms with E-state index in [0.29, 0.717) is 57.4 Å². The van der Waals surface area contributed by atoms with Crippen molar-refractivity contribution in [3.8, 4) is 0 Å². The van der Waals surface area contributed by atoms with E-state index in [9.17, 15) is 28.5 Å². The molecule has 5 aromatic heterocycles. The zero-order chi connectivity index (χ0) is 37.9. The number of pyridine rings is 5. The standard InChI is InChI=1S/C18H12ClN3O2.C18H13N3O3.Cl3OP/c19-16-12-8-20-9-13-15(12)14(10-21-16)18(24)22(17(13)23)7-6-11-4-2-1-3-5-11;22-16-12-8-19-9-13-15(12)14(10-20-16)18(24)21(17(13)23)7-6-11-4-2-1-3-5-11;1-5(2,3)4/h1-5,8-10H,6-7H2;1-5,8-10,19H,6-7H2;. The summed E-state index contributed by atoms with van der Waals surface area (Å²) in [4.78, 5) is 78.7. The van der Waals surface area contributed by atoms with Gasteiger partial charge in [0.05, 0.1) is 27.3 Å². The van der Waals surface area contributed by atoms with E-state index in [4.69, 9.17) is 11.6 Å². The molecule has 2 amide bonds. The van der Waals surface area contributed by atoms with E-state index < -0.39 is 21.9 Å². The summed E-state index contributed by atoms with van der Waals surface area (Å²) in [7, 11) is 0. The molecular weight excluding hydrogens is 785 g/mol. The normalized spacial score (nSPS) is 12.4. The third-order valence-corrected chi connectivity index (χ3v) is 8.69. The van der Waals surface area contributed by atoms with Crippen molar-refractivity contribution in [3.05, 3.63) is 156 Å². The molecule has 2 aromatic carbocycles. The van der Waals surface area contributed by atoms with Crippen LogP contribution in [0.4, 0.5) is 0 Å². The van der Waals surface area contributed by atoms with Gasteiger partial charge in [0.15, 0.2) is 0 Å². The van der Waals surface area contributed by atoms with E-state index in [2.05, 4.69) is 53.7 Å². The number of aromatic amines is 1. The van der Waals surface area contributed by atoms with E-state index in [1.807, 2.05) is 60.7 Å². The molecule has 0 radical (unpaired) electrons. The second-order valence-electron chi connectivity index (χ2n) is 11.6. The largest absolute Gasteiger partial charge is 0.366 e. The third-order valence-electron chi connectivity index (χ3n) is 8.39. The molecule has 8 rings (SSSR count). The first-order chi connectivity index (χ1) is 25.3. The summed E-state index contributed by atoms with van der Waals surface area (Å²) < 4.78 is 10.7. The highest BCUT2D eigenvalue weighted by molar-refractivity contribution is 8.24. The van der Waals surface area contributed by atoms with Gasteiger partial charge in [-0.1, -0.05) is 72.3 Å². The highest BCUT2D eigenvalue weighted by atomic mass is 36.0. The maximum Gasteiger partial charge on any atom is 0.339 e. The fourth-order valence-electron chi connectivity index (χ4n) is 5.97. The van der Waals surface area contributed by atoms with Gasteiger partial charge in [-0.05, 0) is 57.7 Å². The topological polar surface area (TPSA) is 165 Å². The summed E-state index contributed by atoms with van der Waals surface area (Å²) in [6, 6.07) is 19.4. The van der Waals surface area contributed by atoms with Crippen LogP contribution in [0.25, 0.3) is 32.3 Å². The van der Waals surface area contributed by atoms with Crippen molar-refractivity contribution in [2.45, 2.75) is 19.4 Å². The summed E-state index contributed by atoms with van der Waals surface area (Å²) in [6.45, 7) is 0.580. The van der Waals surface area contributed by atoms with Crippen molar-refractivity contribution in [3.63, 3.8) is 0 Å². The van der Waals surface area contributed by atoms with Crippen molar-refractivity contribution in [2.24, 2.45) is 0 Å². The van der Waals surface area contributed by atoms with Crippen molar-refractivity contribution >= 4 is 94.7 Å². The van der Waals surface area contributed by atoms with Crippen molar-refractivity contribution in [1.82, 2.24) is 29.4 Å². The molecule has 1 aliphatic heterocycles. The summed E-state index contributed by atoms with van der Waals surface area (Å²) >= 11 is 19.9. The number of amides is 2. The van der Waals surface area contributed by atoms with Crippen molar-refractivity contribution < 1.29 is 14.2 Å². The molecule has 1 aliphatic rings. The minimum Gasteiger partial charge on any atom is -0.366 e. The molecule has 0 bridgehead atoms. The molecule has 7 aromatic rings. The number of nitrogens with one attached hydrogen (secondary N) is 1. The summed E-state index contributed by atoms with van der Waals surface area (Å²) in [5, 5.41) is -0.654. The maximum absolute atomic E-state index is 12.7. The van der Waals surface area contributed by atoms with Crippen LogP contribution in [0.2, 0.25) is 5.15 Å². The lowest BCUT2D eigenvalue weighted by molar-refractivity contribution is 0.0612. The van der Waals surface area contributed by atoms with E-state index in [1.165, 1.54) is 46.6 Å². The first-order valence-corrected chi connectivity index (χ1v) is 20.5. The number of hydrogen-bond donors (Lipinski definition) is 1. The van der Waals surface area contributed by atoms with Crippen LogP contribution in [-0.4, -0.2) is 47.8 Å². The number of nitrogens with zero attached hydrogens (tertiary/aromatic N) is 5. The summed E-state index contributed by atoms with van der Waals surface area (Å²) in [5.41, 5.74) is 1.63. The highest BCUT2D eigenvalue weighted by Gasteiger charge is 2.33. The number of rotatable bonds is 6. The van der Waals surface area contributed by atoms with Crippen LogP contribution in [0, 0.1) is 0 Å². The molecular formula is C36H25Cl4N6O6P. The zero-order valence-corrected chi connectivity index (χ0v) is 31.1. The molecule has 1 N–H and O–H groups in total. The smallest absolute Gasteiger partial charge is 0.339 e. The van der Waals surface area contributed by atoms with Crippen LogP contribution < -0.4 is 16.7 Å². The van der Waals surface area contributed by atoms with Gasteiger partial charge in [0, 0.05) is 66.4 Å². The fourth-order valence-corrected chi connectivity index (χ4v) is 6.17. The Hall–Kier alpha value is -4.97. The minimum atomic E-state index is -3.22. The van der Waals surface area contributed by atoms with Gasteiger partial charge in [0.2, 0.25) is 0 Å². The first-order valence-electron chi connectivity index (χ1n) is 15.7. The number of carbonyl (C=O) groups excluding carboxylic acids is 2. The lowest BCUT2D eigenvalue weighted by Gasteiger charge is -2.26. The Bertz CT molecular complexity index is 2660. The number of hydrogen-bond acceptors (Lipinski definition) is 9. The molecule has 0 atom stereocenters. The average molecular weight is 810 g/mol. The third kappa shape index (κ3) is 8.32. The number of H-pyrrole nitrogens is 1. The Labute approximate surface area is 319 Å². The molecule has 0 fully saturated rings. The number of imide groups is 1.